The van der Waals surface area contributed by atoms with Gasteiger partial charge in [-0.05, 0) is 49.9 Å². The molecule has 7 heteroatoms. The molecule has 1 saturated carbocycles. The van der Waals surface area contributed by atoms with E-state index in [0.717, 1.165) is 37.1 Å². The van der Waals surface area contributed by atoms with Crippen molar-refractivity contribution < 1.29 is 21.6 Å². The maximum atomic E-state index is 12.5. The zero-order valence-electron chi connectivity index (χ0n) is 11.2. The van der Waals surface area contributed by atoms with Crippen molar-refractivity contribution >= 4 is 10.0 Å². The maximum absolute atomic E-state index is 12.5. The highest BCUT2D eigenvalue weighted by Crippen LogP contribution is 2.36. The van der Waals surface area contributed by atoms with Crippen LogP contribution in [-0.2, 0) is 16.2 Å². The zero-order valence-corrected chi connectivity index (χ0v) is 12.0. The topological polar surface area (TPSA) is 37.4 Å². The Morgan fingerprint density at radius 1 is 1.20 bits per heavy atom. The minimum atomic E-state index is -4.46. The Morgan fingerprint density at radius 2 is 1.70 bits per heavy atom. The second-order valence-electron chi connectivity index (χ2n) is 5.12. The van der Waals surface area contributed by atoms with Crippen molar-refractivity contribution in [3.05, 3.63) is 29.8 Å². The molecule has 1 aliphatic carbocycles. The van der Waals surface area contributed by atoms with Crippen LogP contribution < -0.4 is 0 Å². The van der Waals surface area contributed by atoms with E-state index in [1.165, 1.54) is 11.4 Å². The van der Waals surface area contributed by atoms with Crippen LogP contribution in [0.25, 0.3) is 0 Å². The summed E-state index contributed by atoms with van der Waals surface area (Å²) in [5.74, 6) is 0.351. The number of alkyl halides is 3. The van der Waals surface area contributed by atoms with Crippen LogP contribution in [0.3, 0.4) is 0 Å². The van der Waals surface area contributed by atoms with Crippen LogP contribution in [0.1, 0.15) is 25.3 Å². The lowest BCUT2D eigenvalue weighted by Gasteiger charge is -2.24. The average molecular weight is 307 g/mol. The minimum Gasteiger partial charge on any atom is -0.207 e. The van der Waals surface area contributed by atoms with E-state index in [9.17, 15) is 21.6 Å². The van der Waals surface area contributed by atoms with Crippen LogP contribution in [0.4, 0.5) is 13.2 Å². The molecule has 2 rings (SSSR count). The number of nitrogens with zero attached hydrogens (tertiary/aromatic N) is 1. The Bertz CT molecular complexity index is 577. The Balaban J connectivity index is 2.25. The normalized spacial score (nSPS) is 18.3. The molecule has 1 atom stereocenters. The van der Waals surface area contributed by atoms with Gasteiger partial charge in [0, 0.05) is 13.1 Å². The van der Waals surface area contributed by atoms with Crippen LogP contribution in [-0.4, -0.2) is 25.8 Å². The van der Waals surface area contributed by atoms with Crippen molar-refractivity contribution in [2.24, 2.45) is 5.92 Å². The highest BCUT2D eigenvalue weighted by atomic mass is 32.2. The molecule has 112 valence electrons. The molecule has 3 nitrogen and oxygen atoms in total. The maximum Gasteiger partial charge on any atom is 0.416 e. The number of sulfonamides is 1. The van der Waals surface area contributed by atoms with Gasteiger partial charge in [0.1, 0.15) is 0 Å². The van der Waals surface area contributed by atoms with E-state index < -0.39 is 21.8 Å². The quantitative estimate of drug-likeness (QED) is 0.857. The number of halogens is 3. The minimum absolute atomic E-state index is 0.111. The van der Waals surface area contributed by atoms with Gasteiger partial charge >= 0.3 is 6.18 Å². The molecule has 1 aromatic carbocycles. The van der Waals surface area contributed by atoms with Gasteiger partial charge in [-0.1, -0.05) is 0 Å². The highest BCUT2D eigenvalue weighted by Gasteiger charge is 2.36. The van der Waals surface area contributed by atoms with Crippen LogP contribution in [0.15, 0.2) is 29.2 Å². The fraction of sp³-hybridized carbons (Fsp3) is 0.538. The summed E-state index contributed by atoms with van der Waals surface area (Å²) in [5, 5.41) is 0. The average Bonchev–Trinajstić information content (AvgIpc) is 3.20. The van der Waals surface area contributed by atoms with Gasteiger partial charge in [0.25, 0.3) is 0 Å². The molecule has 0 N–H and O–H groups in total. The number of hydrogen-bond acceptors (Lipinski definition) is 2. The van der Waals surface area contributed by atoms with E-state index in [0.29, 0.717) is 5.92 Å². The van der Waals surface area contributed by atoms with Crippen molar-refractivity contribution in [1.29, 1.82) is 0 Å². The number of hydrogen-bond donors (Lipinski definition) is 0. The zero-order chi connectivity index (χ0) is 15.1. The Labute approximate surface area is 116 Å². The van der Waals surface area contributed by atoms with Crippen LogP contribution in [0.2, 0.25) is 0 Å². The largest absolute Gasteiger partial charge is 0.416 e. The molecule has 0 aliphatic heterocycles. The van der Waals surface area contributed by atoms with E-state index in [2.05, 4.69) is 0 Å². The summed E-state index contributed by atoms with van der Waals surface area (Å²) in [5.41, 5.74) is -0.852. The van der Waals surface area contributed by atoms with Crippen molar-refractivity contribution in [3.63, 3.8) is 0 Å². The molecular weight excluding hydrogens is 291 g/mol. The third-order valence-electron chi connectivity index (χ3n) is 3.74. The van der Waals surface area contributed by atoms with Crippen molar-refractivity contribution in [2.45, 2.75) is 36.9 Å². The summed E-state index contributed by atoms with van der Waals surface area (Å²) in [6.07, 6.45) is -2.47. The van der Waals surface area contributed by atoms with Crippen LogP contribution in [0.5, 0.6) is 0 Å². The molecular formula is C13H16F3NO2S. The lowest BCUT2D eigenvalue weighted by atomic mass is 10.2. The lowest BCUT2D eigenvalue weighted by Crippen LogP contribution is -2.36. The van der Waals surface area contributed by atoms with Gasteiger partial charge in [0.2, 0.25) is 10.0 Å². The van der Waals surface area contributed by atoms with Gasteiger partial charge < -0.3 is 0 Å². The third-order valence-corrected chi connectivity index (χ3v) is 5.70. The molecule has 0 spiro atoms. The first-order valence-corrected chi connectivity index (χ1v) is 7.73. The van der Waals surface area contributed by atoms with Gasteiger partial charge in [0.15, 0.2) is 0 Å². The van der Waals surface area contributed by atoms with Gasteiger partial charge in [-0.2, -0.15) is 17.5 Å². The van der Waals surface area contributed by atoms with Gasteiger partial charge in [-0.15, -0.1) is 0 Å². The fourth-order valence-electron chi connectivity index (χ4n) is 2.08. The molecule has 0 heterocycles. The standard InChI is InChI=1S/C13H16F3NO2S/c1-9(10-3-4-10)17(2)20(18,19)12-7-5-11(6-8-12)13(14,15)16/h5-10H,3-4H2,1-2H3. The summed E-state index contributed by atoms with van der Waals surface area (Å²) in [7, 11) is -2.27. The van der Waals surface area contributed by atoms with Crippen molar-refractivity contribution in [3.8, 4) is 0 Å². The molecule has 20 heavy (non-hydrogen) atoms. The Kier molecular flexibility index (Phi) is 3.85. The molecule has 0 amide bonds. The first-order valence-electron chi connectivity index (χ1n) is 6.29. The second kappa shape index (κ2) is 5.04. The van der Waals surface area contributed by atoms with E-state index in [-0.39, 0.29) is 10.9 Å². The van der Waals surface area contributed by atoms with Crippen molar-refractivity contribution in [2.75, 3.05) is 7.05 Å². The number of benzene rings is 1. The predicted molar refractivity (Wildman–Crippen MR) is 68.6 cm³/mol. The van der Waals surface area contributed by atoms with E-state index >= 15 is 0 Å². The molecule has 0 radical (unpaired) electrons. The Hall–Kier alpha value is -1.08. The van der Waals surface area contributed by atoms with E-state index in [4.69, 9.17) is 0 Å². The van der Waals surface area contributed by atoms with Gasteiger partial charge in [-0.25, -0.2) is 8.42 Å². The summed E-state index contributed by atoms with van der Waals surface area (Å²) in [4.78, 5) is -0.111. The molecule has 1 fully saturated rings. The smallest absolute Gasteiger partial charge is 0.207 e. The summed E-state index contributed by atoms with van der Waals surface area (Å²) in [6.45, 7) is 1.82. The summed E-state index contributed by atoms with van der Waals surface area (Å²) < 4.78 is 63.2. The first-order chi connectivity index (χ1) is 9.14. The van der Waals surface area contributed by atoms with Crippen molar-refractivity contribution in [1.82, 2.24) is 4.31 Å². The Morgan fingerprint density at radius 3 is 2.10 bits per heavy atom. The second-order valence-corrected chi connectivity index (χ2v) is 7.12. The molecule has 1 aliphatic rings. The van der Waals surface area contributed by atoms with E-state index in [1.54, 1.807) is 0 Å². The molecule has 1 aromatic rings. The van der Waals surface area contributed by atoms with E-state index in [1.807, 2.05) is 6.92 Å². The van der Waals surface area contributed by atoms with Gasteiger partial charge in [0.05, 0.1) is 10.5 Å². The number of rotatable bonds is 4. The first kappa shape index (κ1) is 15.3. The van der Waals surface area contributed by atoms with Crippen LogP contribution >= 0.6 is 0 Å². The highest BCUT2D eigenvalue weighted by molar-refractivity contribution is 7.89. The summed E-state index contributed by atoms with van der Waals surface area (Å²) in [6, 6.07) is 3.47. The molecule has 0 bridgehead atoms. The van der Waals surface area contributed by atoms with Gasteiger partial charge in [-0.3, -0.25) is 0 Å². The molecule has 0 aromatic heterocycles. The fourth-order valence-corrected chi connectivity index (χ4v) is 3.50. The van der Waals surface area contributed by atoms with Crippen LogP contribution in [0, 0.1) is 5.92 Å². The summed E-state index contributed by atoms with van der Waals surface area (Å²) >= 11 is 0. The third kappa shape index (κ3) is 2.98. The molecule has 0 saturated heterocycles. The molecule has 1 unspecified atom stereocenters. The monoisotopic (exact) mass is 307 g/mol. The predicted octanol–water partition coefficient (Wildman–Crippen LogP) is 3.12. The lowest BCUT2D eigenvalue weighted by molar-refractivity contribution is -0.137. The SMILES string of the molecule is CC(C1CC1)N(C)S(=O)(=O)c1ccc(C(F)(F)F)cc1.